The van der Waals surface area contributed by atoms with Crippen molar-refractivity contribution in [3.05, 3.63) is 0 Å². The van der Waals surface area contributed by atoms with E-state index in [0.29, 0.717) is 0 Å². The zero-order valence-electron chi connectivity index (χ0n) is 4.33. The van der Waals surface area contributed by atoms with E-state index in [2.05, 4.69) is 4.89 Å². The standard InChI is InChI=1S/CH2O4.Mg.H2O4S.2H/c2-1(3)5-4;;1-5(2,3)4;;/h4H,(H,2,3);;(H2,1,2,3,4);;. The first-order valence-electron chi connectivity index (χ1n) is 1.51. The maximum absolute atomic E-state index is 8.90. The van der Waals surface area contributed by atoms with Gasteiger partial charge in [-0.15, -0.1) is 0 Å². The summed E-state index contributed by atoms with van der Waals surface area (Å²) in [5.74, 6) is 0. The molecule has 0 aliphatic rings. The van der Waals surface area contributed by atoms with Crippen molar-refractivity contribution in [2.45, 2.75) is 0 Å². The minimum atomic E-state index is -4.67. The van der Waals surface area contributed by atoms with E-state index in [1.54, 1.807) is 0 Å². The van der Waals surface area contributed by atoms with Crippen LogP contribution in [0.2, 0.25) is 0 Å². The Kier molecular flexibility index (Phi) is 12.4. The SMILES string of the molecule is O=C(O)OO.O=S(=O)(O)O.[MgH2]. The molecular formula is CH6MgO8S. The van der Waals surface area contributed by atoms with Gasteiger partial charge in [0, 0.05) is 0 Å². The molecule has 0 aromatic carbocycles. The van der Waals surface area contributed by atoms with Crippen LogP contribution in [0.1, 0.15) is 0 Å². The molecular weight excluding hydrogens is 196 g/mol. The number of hydrogen-bond donors (Lipinski definition) is 4. The molecule has 0 bridgehead atoms. The Labute approximate surface area is 77.4 Å². The highest BCUT2D eigenvalue weighted by molar-refractivity contribution is 7.79. The van der Waals surface area contributed by atoms with Crippen molar-refractivity contribution in [2.75, 3.05) is 0 Å². The molecule has 11 heavy (non-hydrogen) atoms. The quantitative estimate of drug-likeness (QED) is 0.162. The Morgan fingerprint density at radius 3 is 1.36 bits per heavy atom. The molecule has 0 unspecified atom stereocenters. The minimum Gasteiger partial charge on any atom is -0.448 e. The molecule has 0 fully saturated rings. The van der Waals surface area contributed by atoms with E-state index in [4.69, 9.17) is 32.7 Å². The van der Waals surface area contributed by atoms with Crippen molar-refractivity contribution < 1.29 is 37.6 Å². The van der Waals surface area contributed by atoms with Gasteiger partial charge in [-0.25, -0.2) is 4.79 Å². The van der Waals surface area contributed by atoms with Crippen molar-refractivity contribution >= 4 is 39.6 Å². The van der Waals surface area contributed by atoms with Gasteiger partial charge in [0.25, 0.3) is 0 Å². The Bertz CT molecular complexity index is 172. The van der Waals surface area contributed by atoms with Crippen LogP contribution in [-0.4, -0.2) is 57.1 Å². The Balaban J connectivity index is -0.000000107. The molecule has 0 aliphatic heterocycles. The first-order chi connectivity index (χ1) is 4.27. The molecule has 0 saturated carbocycles. The van der Waals surface area contributed by atoms with Gasteiger partial charge in [-0.05, 0) is 0 Å². The van der Waals surface area contributed by atoms with Crippen LogP contribution in [0.5, 0.6) is 0 Å². The fraction of sp³-hybridized carbons (Fsp3) is 0. The van der Waals surface area contributed by atoms with E-state index in [1.807, 2.05) is 0 Å². The van der Waals surface area contributed by atoms with Crippen molar-refractivity contribution in [1.29, 1.82) is 0 Å². The number of hydrogen-bond acceptors (Lipinski definition) is 5. The molecule has 0 aromatic rings. The number of carbonyl (C=O) groups is 1. The van der Waals surface area contributed by atoms with Gasteiger partial charge in [0.1, 0.15) is 0 Å². The van der Waals surface area contributed by atoms with Crippen LogP contribution in [-0.2, 0) is 15.3 Å². The summed E-state index contributed by atoms with van der Waals surface area (Å²) < 4.78 is 31.6. The zero-order chi connectivity index (χ0) is 8.78. The smallest absolute Gasteiger partial charge is 0.448 e. The van der Waals surface area contributed by atoms with Crippen LogP contribution in [0, 0.1) is 0 Å². The monoisotopic (exact) mass is 202 g/mol. The molecule has 0 radical (unpaired) electrons. The van der Waals surface area contributed by atoms with Crippen LogP contribution < -0.4 is 0 Å². The lowest BCUT2D eigenvalue weighted by molar-refractivity contribution is -0.194. The molecule has 66 valence electrons. The summed E-state index contributed by atoms with van der Waals surface area (Å²) in [5, 5.41) is 14.3. The Morgan fingerprint density at radius 1 is 1.27 bits per heavy atom. The molecule has 0 rings (SSSR count). The average molecular weight is 202 g/mol. The van der Waals surface area contributed by atoms with Gasteiger partial charge in [0.2, 0.25) is 0 Å². The Morgan fingerprint density at radius 2 is 1.36 bits per heavy atom. The third-order valence-electron chi connectivity index (χ3n) is 0.0781. The minimum absolute atomic E-state index is 0. The van der Waals surface area contributed by atoms with E-state index in [1.165, 1.54) is 0 Å². The van der Waals surface area contributed by atoms with Crippen molar-refractivity contribution in [3.8, 4) is 0 Å². The molecule has 0 spiro atoms. The second-order valence-electron chi connectivity index (χ2n) is 0.805. The van der Waals surface area contributed by atoms with E-state index < -0.39 is 16.6 Å². The first-order valence-corrected chi connectivity index (χ1v) is 2.91. The molecule has 0 saturated heterocycles. The zero-order valence-corrected chi connectivity index (χ0v) is 5.15. The van der Waals surface area contributed by atoms with E-state index in [-0.39, 0.29) is 23.1 Å². The highest BCUT2D eigenvalue weighted by Crippen LogP contribution is 1.60. The summed E-state index contributed by atoms with van der Waals surface area (Å²) in [6.45, 7) is 0. The first kappa shape index (κ1) is 17.1. The van der Waals surface area contributed by atoms with E-state index in [0.717, 1.165) is 0 Å². The van der Waals surface area contributed by atoms with Gasteiger partial charge in [-0.3, -0.25) is 14.0 Å². The summed E-state index contributed by atoms with van der Waals surface area (Å²) in [5.41, 5.74) is 0. The molecule has 0 atom stereocenters. The fourth-order valence-electron chi connectivity index (χ4n) is 0. The van der Waals surface area contributed by atoms with Gasteiger partial charge in [0.05, 0.1) is 0 Å². The Hall–Kier alpha value is -0.134. The second-order valence-corrected chi connectivity index (χ2v) is 1.70. The summed E-state index contributed by atoms with van der Waals surface area (Å²) >= 11 is 0. The van der Waals surface area contributed by atoms with Crippen LogP contribution in [0.4, 0.5) is 4.79 Å². The summed E-state index contributed by atoms with van der Waals surface area (Å²) in [6, 6.07) is 0. The van der Waals surface area contributed by atoms with Gasteiger partial charge >= 0.3 is 39.6 Å². The number of rotatable bonds is 0. The van der Waals surface area contributed by atoms with Crippen molar-refractivity contribution in [1.82, 2.24) is 0 Å². The third-order valence-corrected chi connectivity index (χ3v) is 0.0781. The maximum atomic E-state index is 8.90. The number of carboxylic acid groups (broad SMARTS) is 1. The summed E-state index contributed by atoms with van der Waals surface area (Å²) in [4.78, 5) is 11.6. The lowest BCUT2D eigenvalue weighted by atomic mass is 11.5. The fourth-order valence-corrected chi connectivity index (χ4v) is 0. The third kappa shape index (κ3) is 175. The largest absolute Gasteiger partial charge is 0.537 e. The van der Waals surface area contributed by atoms with Gasteiger partial charge in [-0.1, -0.05) is 0 Å². The molecule has 8 nitrogen and oxygen atoms in total. The lowest BCUT2D eigenvalue weighted by Crippen LogP contribution is -1.91. The van der Waals surface area contributed by atoms with Crippen LogP contribution >= 0.6 is 0 Å². The lowest BCUT2D eigenvalue weighted by Gasteiger charge is -1.75. The van der Waals surface area contributed by atoms with Crippen molar-refractivity contribution in [3.63, 3.8) is 0 Å². The predicted octanol–water partition coefficient (Wildman–Crippen LogP) is -1.42. The topological polar surface area (TPSA) is 141 Å². The molecule has 0 aromatic heterocycles. The molecule has 0 aliphatic carbocycles. The van der Waals surface area contributed by atoms with E-state index >= 15 is 0 Å². The maximum Gasteiger partial charge on any atom is 0.537 e. The molecule has 0 heterocycles. The van der Waals surface area contributed by atoms with Gasteiger partial charge in [-0.2, -0.15) is 13.7 Å². The van der Waals surface area contributed by atoms with Gasteiger partial charge < -0.3 is 5.11 Å². The van der Waals surface area contributed by atoms with E-state index in [9.17, 15) is 0 Å². The van der Waals surface area contributed by atoms with Crippen molar-refractivity contribution in [2.24, 2.45) is 0 Å². The van der Waals surface area contributed by atoms with Gasteiger partial charge in [0.15, 0.2) is 0 Å². The average Bonchev–Trinajstić information content (AvgIpc) is 1.61. The highest BCUT2D eigenvalue weighted by atomic mass is 32.3. The summed E-state index contributed by atoms with van der Waals surface area (Å²) in [6.07, 6.45) is -1.69. The van der Waals surface area contributed by atoms with Crippen LogP contribution in [0.15, 0.2) is 0 Å². The van der Waals surface area contributed by atoms with Crippen LogP contribution in [0.3, 0.4) is 0 Å². The molecule has 4 N–H and O–H groups in total. The predicted molar refractivity (Wildman–Crippen MR) is 34.5 cm³/mol. The van der Waals surface area contributed by atoms with Crippen LogP contribution in [0.25, 0.3) is 0 Å². The highest BCUT2D eigenvalue weighted by Gasteiger charge is 1.85. The second kappa shape index (κ2) is 7.97. The normalized spacial score (nSPS) is 8.27. The summed E-state index contributed by atoms with van der Waals surface area (Å²) in [7, 11) is -4.67. The molecule has 0 amide bonds. The molecule has 10 heteroatoms.